The predicted molar refractivity (Wildman–Crippen MR) is 64.3 cm³/mol. The summed E-state index contributed by atoms with van der Waals surface area (Å²) in [6.07, 6.45) is 5.16. The molecule has 0 aromatic carbocycles. The quantitative estimate of drug-likeness (QED) is 0.810. The van der Waals surface area contributed by atoms with Crippen molar-refractivity contribution in [3.8, 4) is 0 Å². The largest absolute Gasteiger partial charge is 0.356 e. The zero-order valence-corrected chi connectivity index (χ0v) is 10.1. The van der Waals surface area contributed by atoms with Gasteiger partial charge < -0.3 is 11.1 Å². The van der Waals surface area contributed by atoms with Gasteiger partial charge in [-0.2, -0.15) is 0 Å². The molecule has 1 saturated heterocycles. The molecule has 0 bridgehead atoms. The molecule has 2 rings (SSSR count). The van der Waals surface area contributed by atoms with Crippen molar-refractivity contribution in [1.82, 2.24) is 10.3 Å². The van der Waals surface area contributed by atoms with Crippen molar-refractivity contribution < 1.29 is 4.79 Å². The lowest BCUT2D eigenvalue weighted by atomic mass is 9.78. The number of carbonyl (C=O) groups excluding carboxylic acids is 1. The van der Waals surface area contributed by atoms with Gasteiger partial charge in [-0.15, -0.1) is 11.3 Å². The number of thiazole rings is 1. The van der Waals surface area contributed by atoms with Crippen molar-refractivity contribution in [3.05, 3.63) is 16.6 Å². The van der Waals surface area contributed by atoms with Crippen LogP contribution in [0.15, 0.2) is 11.6 Å². The van der Waals surface area contributed by atoms with Gasteiger partial charge in [-0.05, 0) is 19.3 Å². The topological polar surface area (TPSA) is 68.0 Å². The van der Waals surface area contributed by atoms with E-state index in [1.807, 2.05) is 11.6 Å². The van der Waals surface area contributed by atoms with Crippen molar-refractivity contribution in [2.24, 2.45) is 5.73 Å². The minimum atomic E-state index is -0.0775. The van der Waals surface area contributed by atoms with Crippen molar-refractivity contribution in [1.29, 1.82) is 0 Å². The highest BCUT2D eigenvalue weighted by Crippen LogP contribution is 2.35. The van der Waals surface area contributed by atoms with E-state index in [-0.39, 0.29) is 11.3 Å². The molecule has 88 valence electrons. The van der Waals surface area contributed by atoms with Crippen LogP contribution in [-0.4, -0.2) is 24.0 Å². The van der Waals surface area contributed by atoms with Gasteiger partial charge in [-0.3, -0.25) is 4.79 Å². The summed E-state index contributed by atoms with van der Waals surface area (Å²) in [7, 11) is 0. The van der Waals surface area contributed by atoms with Crippen LogP contribution in [-0.2, 0) is 10.2 Å². The molecule has 1 unspecified atom stereocenters. The van der Waals surface area contributed by atoms with E-state index in [9.17, 15) is 4.79 Å². The standard InChI is InChI=1S/C11H17N3OS/c12-8-11(10-14-6-7-16-10)3-1-5-13-9(15)2-4-11/h6-7H,1-5,8,12H2,(H,13,15). The van der Waals surface area contributed by atoms with Crippen LogP contribution in [0.5, 0.6) is 0 Å². The number of rotatable bonds is 2. The Morgan fingerprint density at radius 3 is 3.12 bits per heavy atom. The van der Waals surface area contributed by atoms with Gasteiger partial charge in [0.15, 0.2) is 0 Å². The molecular formula is C11H17N3OS. The summed E-state index contributed by atoms with van der Waals surface area (Å²) < 4.78 is 0. The number of aromatic nitrogens is 1. The third-order valence-corrected chi connectivity index (χ3v) is 4.28. The zero-order valence-electron chi connectivity index (χ0n) is 9.24. The van der Waals surface area contributed by atoms with Crippen LogP contribution in [0.25, 0.3) is 0 Å². The molecule has 1 aromatic rings. The molecule has 2 heterocycles. The Morgan fingerprint density at radius 1 is 1.56 bits per heavy atom. The van der Waals surface area contributed by atoms with E-state index in [1.54, 1.807) is 11.3 Å². The first-order chi connectivity index (χ1) is 7.77. The van der Waals surface area contributed by atoms with Crippen molar-refractivity contribution in [2.45, 2.75) is 31.1 Å². The average molecular weight is 239 g/mol. The highest BCUT2D eigenvalue weighted by atomic mass is 32.1. The smallest absolute Gasteiger partial charge is 0.220 e. The number of hydrogen-bond acceptors (Lipinski definition) is 4. The van der Waals surface area contributed by atoms with Crippen molar-refractivity contribution in [2.75, 3.05) is 13.1 Å². The number of nitrogens with one attached hydrogen (secondary N) is 1. The summed E-state index contributed by atoms with van der Waals surface area (Å²) in [5.74, 6) is 0.133. The lowest BCUT2D eigenvalue weighted by Crippen LogP contribution is -2.40. The van der Waals surface area contributed by atoms with Gasteiger partial charge >= 0.3 is 0 Å². The number of nitrogens with zero attached hydrogens (tertiary/aromatic N) is 1. The van der Waals surface area contributed by atoms with Crippen LogP contribution in [0.3, 0.4) is 0 Å². The van der Waals surface area contributed by atoms with Gasteiger partial charge in [0, 0.05) is 36.5 Å². The van der Waals surface area contributed by atoms with E-state index in [1.165, 1.54) is 0 Å². The fraction of sp³-hybridized carbons (Fsp3) is 0.636. The minimum absolute atomic E-state index is 0.0775. The summed E-state index contributed by atoms with van der Waals surface area (Å²) in [6.45, 7) is 1.33. The van der Waals surface area contributed by atoms with Gasteiger partial charge in [-0.25, -0.2) is 4.98 Å². The summed E-state index contributed by atoms with van der Waals surface area (Å²) in [5.41, 5.74) is 5.85. The minimum Gasteiger partial charge on any atom is -0.356 e. The second-order valence-electron chi connectivity index (χ2n) is 4.28. The molecule has 1 atom stereocenters. The maximum Gasteiger partial charge on any atom is 0.220 e. The molecule has 3 N–H and O–H groups in total. The second kappa shape index (κ2) is 4.93. The summed E-state index contributed by atoms with van der Waals surface area (Å²) >= 11 is 1.65. The number of amides is 1. The normalized spacial score (nSPS) is 26.9. The first-order valence-corrected chi connectivity index (χ1v) is 6.51. The molecule has 4 nitrogen and oxygen atoms in total. The van der Waals surface area contributed by atoms with Crippen LogP contribution in [0.2, 0.25) is 0 Å². The lowest BCUT2D eigenvalue weighted by Gasteiger charge is -2.32. The van der Waals surface area contributed by atoms with Gasteiger partial charge in [0.05, 0.1) is 5.01 Å². The SMILES string of the molecule is NCC1(c2nccs2)CCCNC(=O)CC1. The second-order valence-corrected chi connectivity index (χ2v) is 5.17. The van der Waals surface area contributed by atoms with Crippen molar-refractivity contribution in [3.63, 3.8) is 0 Å². The Balaban J connectivity index is 2.21. The molecule has 0 aliphatic carbocycles. The maximum absolute atomic E-state index is 11.4. The average Bonchev–Trinajstić information content (AvgIpc) is 2.79. The summed E-state index contributed by atoms with van der Waals surface area (Å²) in [6, 6.07) is 0. The van der Waals surface area contributed by atoms with E-state index in [4.69, 9.17) is 5.73 Å². The Morgan fingerprint density at radius 2 is 2.44 bits per heavy atom. The Hall–Kier alpha value is -0.940. The number of hydrogen-bond donors (Lipinski definition) is 2. The first kappa shape index (κ1) is 11.5. The molecule has 1 aliphatic rings. The van der Waals surface area contributed by atoms with Crippen LogP contribution in [0, 0.1) is 0 Å². The van der Waals surface area contributed by atoms with E-state index in [0.29, 0.717) is 13.0 Å². The molecular weight excluding hydrogens is 222 g/mol. The molecule has 0 spiro atoms. The van der Waals surface area contributed by atoms with Crippen LogP contribution < -0.4 is 11.1 Å². The molecule has 1 aliphatic heterocycles. The first-order valence-electron chi connectivity index (χ1n) is 5.64. The third-order valence-electron chi connectivity index (χ3n) is 3.26. The summed E-state index contributed by atoms with van der Waals surface area (Å²) in [4.78, 5) is 15.8. The van der Waals surface area contributed by atoms with E-state index in [0.717, 1.165) is 30.8 Å². The molecule has 0 saturated carbocycles. The predicted octanol–water partition coefficient (Wildman–Crippen LogP) is 1.03. The number of nitrogens with two attached hydrogens (primary N) is 1. The molecule has 1 fully saturated rings. The van der Waals surface area contributed by atoms with Gasteiger partial charge in [0.25, 0.3) is 0 Å². The van der Waals surface area contributed by atoms with E-state index < -0.39 is 0 Å². The van der Waals surface area contributed by atoms with Crippen LogP contribution in [0.1, 0.15) is 30.7 Å². The Bertz CT molecular complexity index is 352. The molecule has 0 radical (unpaired) electrons. The highest BCUT2D eigenvalue weighted by Gasteiger charge is 2.34. The lowest BCUT2D eigenvalue weighted by molar-refractivity contribution is -0.121. The van der Waals surface area contributed by atoms with Gasteiger partial charge in [0.1, 0.15) is 0 Å². The Kier molecular flexibility index (Phi) is 3.56. The van der Waals surface area contributed by atoms with Crippen LogP contribution >= 0.6 is 11.3 Å². The molecule has 16 heavy (non-hydrogen) atoms. The fourth-order valence-electron chi connectivity index (χ4n) is 2.21. The highest BCUT2D eigenvalue weighted by molar-refractivity contribution is 7.09. The van der Waals surface area contributed by atoms with Crippen LogP contribution in [0.4, 0.5) is 0 Å². The number of carbonyl (C=O) groups is 1. The third kappa shape index (κ3) is 2.25. The molecule has 5 heteroatoms. The Labute approximate surface area is 99.3 Å². The van der Waals surface area contributed by atoms with Crippen molar-refractivity contribution >= 4 is 17.2 Å². The maximum atomic E-state index is 11.4. The van der Waals surface area contributed by atoms with E-state index in [2.05, 4.69) is 10.3 Å². The van der Waals surface area contributed by atoms with Gasteiger partial charge in [0.2, 0.25) is 5.91 Å². The fourth-order valence-corrected chi connectivity index (χ4v) is 3.12. The molecule has 1 amide bonds. The van der Waals surface area contributed by atoms with E-state index >= 15 is 0 Å². The summed E-state index contributed by atoms with van der Waals surface area (Å²) in [5, 5.41) is 5.96. The zero-order chi connectivity index (χ0) is 11.4. The monoisotopic (exact) mass is 239 g/mol. The van der Waals surface area contributed by atoms with Gasteiger partial charge in [-0.1, -0.05) is 0 Å². The molecule has 1 aromatic heterocycles.